The van der Waals surface area contributed by atoms with Crippen molar-refractivity contribution in [1.82, 2.24) is 9.88 Å². The van der Waals surface area contributed by atoms with Crippen LogP contribution in [-0.4, -0.2) is 22.3 Å². The molecule has 0 bridgehead atoms. The Morgan fingerprint density at radius 3 is 2.57 bits per heavy atom. The van der Waals surface area contributed by atoms with Crippen LogP contribution < -0.4 is 4.74 Å². The van der Waals surface area contributed by atoms with Gasteiger partial charge in [0.1, 0.15) is 17.4 Å². The monoisotopic (exact) mass is 394 g/mol. The molecule has 0 saturated heterocycles. The van der Waals surface area contributed by atoms with E-state index in [1.54, 1.807) is 11.3 Å². The highest BCUT2D eigenvalue weighted by Crippen LogP contribution is 2.18. The zero-order valence-electron chi connectivity index (χ0n) is 16.6. The number of nitrogens with zero attached hydrogens (tertiary/aromatic N) is 2. The van der Waals surface area contributed by atoms with Crippen molar-refractivity contribution in [3.8, 4) is 5.75 Å². The van der Waals surface area contributed by atoms with Crippen LogP contribution in [0.2, 0.25) is 0 Å². The van der Waals surface area contributed by atoms with Gasteiger partial charge in [-0.2, -0.15) is 0 Å². The van der Waals surface area contributed by atoms with Crippen molar-refractivity contribution in [2.75, 3.05) is 6.54 Å². The van der Waals surface area contributed by atoms with Gasteiger partial charge >= 0.3 is 0 Å². The number of amides is 1. The Morgan fingerprint density at radius 1 is 1.11 bits per heavy atom. The minimum absolute atomic E-state index is 0.0606. The number of ether oxygens (including phenoxy) is 1. The number of benzene rings is 2. The quantitative estimate of drug-likeness (QED) is 0.514. The van der Waals surface area contributed by atoms with Crippen LogP contribution in [0.15, 0.2) is 53.9 Å². The van der Waals surface area contributed by atoms with Gasteiger partial charge in [0, 0.05) is 17.5 Å². The van der Waals surface area contributed by atoms with Crippen molar-refractivity contribution < 1.29 is 9.53 Å². The largest absolute Gasteiger partial charge is 0.486 e. The number of thiazole rings is 1. The van der Waals surface area contributed by atoms with E-state index in [2.05, 4.69) is 18.8 Å². The predicted molar refractivity (Wildman–Crippen MR) is 114 cm³/mol. The number of rotatable bonds is 8. The van der Waals surface area contributed by atoms with Gasteiger partial charge in [-0.1, -0.05) is 42.8 Å². The highest BCUT2D eigenvalue weighted by atomic mass is 32.1. The van der Waals surface area contributed by atoms with Gasteiger partial charge in [-0.05, 0) is 44.0 Å². The molecule has 0 fully saturated rings. The topological polar surface area (TPSA) is 42.4 Å². The van der Waals surface area contributed by atoms with E-state index in [4.69, 9.17) is 4.74 Å². The van der Waals surface area contributed by atoms with Crippen LogP contribution >= 0.6 is 11.3 Å². The van der Waals surface area contributed by atoms with Crippen molar-refractivity contribution in [3.63, 3.8) is 0 Å². The summed E-state index contributed by atoms with van der Waals surface area (Å²) in [7, 11) is 0. The molecule has 3 rings (SSSR count). The molecule has 0 radical (unpaired) electrons. The lowest BCUT2D eigenvalue weighted by atomic mass is 10.1. The van der Waals surface area contributed by atoms with E-state index < -0.39 is 0 Å². The number of carbonyl (C=O) groups excluding carboxylic acids is 1. The summed E-state index contributed by atoms with van der Waals surface area (Å²) < 4.78 is 5.81. The maximum absolute atomic E-state index is 13.0. The standard InChI is InChI=1S/C23H26N2O2S/c1-4-13-25(23(26)21-8-6-5-7-18(21)3)14-19-16-28-22(24-19)15-27-20-11-9-17(2)10-12-20/h5-12,16H,4,13-15H2,1-3H3. The number of aryl methyl sites for hydroxylation is 2. The molecule has 0 unspecified atom stereocenters. The molecular formula is C23H26N2O2S. The average Bonchev–Trinajstić information content (AvgIpc) is 3.14. The van der Waals surface area contributed by atoms with E-state index in [9.17, 15) is 4.79 Å². The average molecular weight is 395 g/mol. The zero-order chi connectivity index (χ0) is 19.9. The van der Waals surface area contributed by atoms with E-state index in [-0.39, 0.29) is 5.91 Å². The molecule has 1 heterocycles. The maximum atomic E-state index is 13.0. The van der Waals surface area contributed by atoms with Crippen molar-refractivity contribution in [1.29, 1.82) is 0 Å². The fourth-order valence-electron chi connectivity index (χ4n) is 2.97. The van der Waals surface area contributed by atoms with Crippen molar-refractivity contribution in [2.24, 2.45) is 0 Å². The van der Waals surface area contributed by atoms with Crippen molar-refractivity contribution in [2.45, 2.75) is 40.3 Å². The Morgan fingerprint density at radius 2 is 1.86 bits per heavy atom. The number of hydrogen-bond acceptors (Lipinski definition) is 4. The lowest BCUT2D eigenvalue weighted by molar-refractivity contribution is 0.0740. The zero-order valence-corrected chi connectivity index (χ0v) is 17.5. The Kier molecular flexibility index (Phi) is 6.82. The first-order valence-electron chi connectivity index (χ1n) is 9.54. The van der Waals surface area contributed by atoms with Gasteiger partial charge in [0.05, 0.1) is 12.2 Å². The van der Waals surface area contributed by atoms with Crippen LogP contribution in [0.5, 0.6) is 5.75 Å². The molecule has 4 nitrogen and oxygen atoms in total. The normalized spacial score (nSPS) is 10.7. The molecular weight excluding hydrogens is 368 g/mol. The summed E-state index contributed by atoms with van der Waals surface area (Å²) in [5.41, 5.74) is 3.87. The summed E-state index contributed by atoms with van der Waals surface area (Å²) in [6.07, 6.45) is 0.908. The minimum Gasteiger partial charge on any atom is -0.486 e. The Bertz CT molecular complexity index is 918. The van der Waals surface area contributed by atoms with E-state index in [1.165, 1.54) is 5.56 Å². The number of hydrogen-bond donors (Lipinski definition) is 0. The molecule has 0 saturated carbocycles. The van der Waals surface area contributed by atoms with Crippen LogP contribution in [0, 0.1) is 13.8 Å². The third-order valence-corrected chi connectivity index (χ3v) is 5.36. The summed E-state index contributed by atoms with van der Waals surface area (Å²) in [6.45, 7) is 7.77. The maximum Gasteiger partial charge on any atom is 0.254 e. The molecule has 0 aliphatic rings. The molecule has 146 valence electrons. The highest BCUT2D eigenvalue weighted by Gasteiger charge is 2.18. The summed E-state index contributed by atoms with van der Waals surface area (Å²) in [6, 6.07) is 15.7. The summed E-state index contributed by atoms with van der Waals surface area (Å²) in [4.78, 5) is 19.5. The minimum atomic E-state index is 0.0606. The van der Waals surface area contributed by atoms with Crippen molar-refractivity contribution in [3.05, 3.63) is 81.3 Å². The second kappa shape index (κ2) is 9.51. The summed E-state index contributed by atoms with van der Waals surface area (Å²) >= 11 is 1.57. The second-order valence-corrected chi connectivity index (χ2v) is 7.82. The lowest BCUT2D eigenvalue weighted by Gasteiger charge is -2.22. The first-order valence-corrected chi connectivity index (χ1v) is 10.4. The Balaban J connectivity index is 1.64. The predicted octanol–water partition coefficient (Wildman–Crippen LogP) is 5.39. The number of carbonyl (C=O) groups is 1. The molecule has 3 aromatic rings. The molecule has 0 N–H and O–H groups in total. The molecule has 0 aliphatic heterocycles. The lowest BCUT2D eigenvalue weighted by Crippen LogP contribution is -2.32. The molecule has 5 heteroatoms. The highest BCUT2D eigenvalue weighted by molar-refractivity contribution is 7.09. The van der Waals surface area contributed by atoms with Gasteiger partial charge in [-0.15, -0.1) is 11.3 Å². The third kappa shape index (κ3) is 5.20. The third-order valence-electron chi connectivity index (χ3n) is 4.49. The fourth-order valence-corrected chi connectivity index (χ4v) is 3.66. The van der Waals surface area contributed by atoms with Gasteiger partial charge in [0.15, 0.2) is 0 Å². The van der Waals surface area contributed by atoms with Gasteiger partial charge in [0.25, 0.3) is 5.91 Å². The molecule has 0 aliphatic carbocycles. The smallest absolute Gasteiger partial charge is 0.254 e. The SMILES string of the molecule is CCCN(Cc1csc(COc2ccc(C)cc2)n1)C(=O)c1ccccc1C. The van der Waals surface area contributed by atoms with Gasteiger partial charge < -0.3 is 9.64 Å². The van der Waals surface area contributed by atoms with E-state index >= 15 is 0 Å². The molecule has 1 aromatic heterocycles. The van der Waals surface area contributed by atoms with Gasteiger partial charge in [-0.3, -0.25) is 4.79 Å². The van der Waals surface area contributed by atoms with Crippen LogP contribution in [0.1, 0.15) is 45.5 Å². The van der Waals surface area contributed by atoms with Crippen LogP contribution in [-0.2, 0) is 13.2 Å². The van der Waals surface area contributed by atoms with Crippen LogP contribution in [0.3, 0.4) is 0 Å². The van der Waals surface area contributed by atoms with E-state index in [1.807, 2.05) is 65.7 Å². The van der Waals surface area contributed by atoms with Gasteiger partial charge in [0.2, 0.25) is 0 Å². The van der Waals surface area contributed by atoms with E-state index in [0.717, 1.165) is 34.0 Å². The molecule has 0 atom stereocenters. The summed E-state index contributed by atoms with van der Waals surface area (Å²) in [5.74, 6) is 0.898. The number of aromatic nitrogens is 1. The molecule has 0 spiro atoms. The van der Waals surface area contributed by atoms with Crippen LogP contribution in [0.25, 0.3) is 0 Å². The molecule has 1 amide bonds. The van der Waals surface area contributed by atoms with Crippen LogP contribution in [0.4, 0.5) is 0 Å². The Labute approximate surface area is 170 Å². The molecule has 2 aromatic carbocycles. The first-order chi connectivity index (χ1) is 13.6. The Hall–Kier alpha value is -2.66. The molecule has 28 heavy (non-hydrogen) atoms. The fraction of sp³-hybridized carbons (Fsp3) is 0.304. The van der Waals surface area contributed by atoms with E-state index in [0.29, 0.717) is 19.7 Å². The van der Waals surface area contributed by atoms with Crippen molar-refractivity contribution >= 4 is 17.2 Å². The summed E-state index contributed by atoms with van der Waals surface area (Å²) in [5, 5.41) is 2.93. The van der Waals surface area contributed by atoms with Gasteiger partial charge in [-0.25, -0.2) is 4.98 Å². The first kappa shape index (κ1) is 20.1. The second-order valence-electron chi connectivity index (χ2n) is 6.88.